The molecule has 0 aliphatic carbocycles. The number of ether oxygens (including phenoxy) is 1. The Hall–Kier alpha value is -2.73. The van der Waals surface area contributed by atoms with Crippen molar-refractivity contribution in [3.05, 3.63) is 58.8 Å². The van der Waals surface area contributed by atoms with Gasteiger partial charge in [0, 0.05) is 29.6 Å². The van der Waals surface area contributed by atoms with Gasteiger partial charge in [-0.2, -0.15) is 0 Å². The topological polar surface area (TPSA) is 72.8 Å². The van der Waals surface area contributed by atoms with Crippen LogP contribution in [0.3, 0.4) is 0 Å². The molecule has 0 spiro atoms. The highest BCUT2D eigenvalue weighted by molar-refractivity contribution is 6.29. The van der Waals surface area contributed by atoms with Gasteiger partial charge in [-0.1, -0.05) is 18.5 Å². The fourth-order valence-electron chi connectivity index (χ4n) is 2.29. The lowest BCUT2D eigenvalue weighted by Gasteiger charge is -2.09. The van der Waals surface area contributed by atoms with E-state index in [4.69, 9.17) is 16.3 Å². The molecule has 0 aliphatic heterocycles. The number of anilines is 2. The number of nitrogens with one attached hydrogen (secondary N) is 1. The van der Waals surface area contributed by atoms with Crippen molar-refractivity contribution in [3.63, 3.8) is 0 Å². The van der Waals surface area contributed by atoms with E-state index in [-0.39, 0.29) is 0 Å². The molecule has 2 aromatic heterocycles. The molecule has 0 saturated carbocycles. The summed E-state index contributed by atoms with van der Waals surface area (Å²) in [6.45, 7) is 5.80. The van der Waals surface area contributed by atoms with E-state index in [2.05, 4.69) is 25.3 Å². The molecule has 25 heavy (non-hydrogen) atoms. The lowest BCUT2D eigenvalue weighted by atomic mass is 10.3. The summed E-state index contributed by atoms with van der Waals surface area (Å²) in [5.74, 6) is 2.01. The Morgan fingerprint density at radius 1 is 0.960 bits per heavy atom. The molecule has 0 saturated heterocycles. The van der Waals surface area contributed by atoms with E-state index >= 15 is 0 Å². The van der Waals surface area contributed by atoms with Crippen LogP contribution in [0.4, 0.5) is 11.5 Å². The minimum Gasteiger partial charge on any atom is -0.424 e. The highest BCUT2D eigenvalue weighted by Crippen LogP contribution is 2.23. The lowest BCUT2D eigenvalue weighted by Crippen LogP contribution is -1.99. The summed E-state index contributed by atoms with van der Waals surface area (Å²) in [6.07, 6.45) is 0.720. The SMILES string of the molecule is CCc1nc(Cl)cc(Nc2ccc(Oc3nc(C)cc(C)n3)cc2)n1. The van der Waals surface area contributed by atoms with Crippen LogP contribution in [-0.2, 0) is 6.42 Å². The van der Waals surface area contributed by atoms with Crippen molar-refractivity contribution in [1.29, 1.82) is 0 Å². The van der Waals surface area contributed by atoms with Gasteiger partial charge in [0.25, 0.3) is 0 Å². The molecule has 2 heterocycles. The third kappa shape index (κ3) is 4.64. The van der Waals surface area contributed by atoms with Crippen molar-refractivity contribution in [2.75, 3.05) is 5.32 Å². The first kappa shape index (κ1) is 17.1. The van der Waals surface area contributed by atoms with Gasteiger partial charge in [-0.25, -0.2) is 19.9 Å². The maximum atomic E-state index is 6.01. The smallest absolute Gasteiger partial charge is 0.322 e. The molecular weight excluding hydrogens is 338 g/mol. The third-order valence-corrected chi connectivity index (χ3v) is 3.55. The number of rotatable bonds is 5. The average Bonchev–Trinajstić information content (AvgIpc) is 2.55. The van der Waals surface area contributed by atoms with Crippen molar-refractivity contribution in [3.8, 4) is 11.8 Å². The lowest BCUT2D eigenvalue weighted by molar-refractivity contribution is 0.439. The van der Waals surface area contributed by atoms with Crippen molar-refractivity contribution in [2.24, 2.45) is 0 Å². The second kappa shape index (κ2) is 7.44. The van der Waals surface area contributed by atoms with E-state index in [0.29, 0.717) is 28.6 Å². The maximum Gasteiger partial charge on any atom is 0.322 e. The van der Waals surface area contributed by atoms with E-state index in [1.165, 1.54) is 0 Å². The highest BCUT2D eigenvalue weighted by atomic mass is 35.5. The van der Waals surface area contributed by atoms with Crippen LogP contribution in [0.15, 0.2) is 36.4 Å². The van der Waals surface area contributed by atoms with Crippen LogP contribution in [0.5, 0.6) is 11.8 Å². The van der Waals surface area contributed by atoms with Crippen LogP contribution in [-0.4, -0.2) is 19.9 Å². The van der Waals surface area contributed by atoms with Gasteiger partial charge in [0.15, 0.2) is 0 Å². The fraction of sp³-hybridized carbons (Fsp3) is 0.222. The van der Waals surface area contributed by atoms with Crippen LogP contribution in [0, 0.1) is 13.8 Å². The molecule has 1 aromatic carbocycles. The van der Waals surface area contributed by atoms with Crippen molar-refractivity contribution < 1.29 is 4.74 Å². The number of hydrogen-bond acceptors (Lipinski definition) is 6. The largest absolute Gasteiger partial charge is 0.424 e. The first-order valence-electron chi connectivity index (χ1n) is 7.92. The zero-order chi connectivity index (χ0) is 17.8. The summed E-state index contributed by atoms with van der Waals surface area (Å²) in [4.78, 5) is 17.1. The monoisotopic (exact) mass is 355 g/mol. The van der Waals surface area contributed by atoms with Crippen molar-refractivity contribution in [1.82, 2.24) is 19.9 Å². The zero-order valence-electron chi connectivity index (χ0n) is 14.2. The van der Waals surface area contributed by atoms with Gasteiger partial charge in [-0.15, -0.1) is 0 Å². The Morgan fingerprint density at radius 3 is 2.28 bits per heavy atom. The Bertz CT molecular complexity index is 863. The van der Waals surface area contributed by atoms with Gasteiger partial charge in [0.05, 0.1) is 0 Å². The Labute approximate surface area is 151 Å². The van der Waals surface area contributed by atoms with Crippen molar-refractivity contribution in [2.45, 2.75) is 27.2 Å². The number of aryl methyl sites for hydroxylation is 3. The number of hydrogen-bond donors (Lipinski definition) is 1. The van der Waals surface area contributed by atoms with Crippen LogP contribution >= 0.6 is 11.6 Å². The average molecular weight is 356 g/mol. The summed E-state index contributed by atoms with van der Waals surface area (Å²) in [6, 6.07) is 11.4. The van der Waals surface area contributed by atoms with Crippen LogP contribution < -0.4 is 10.1 Å². The van der Waals surface area contributed by atoms with Gasteiger partial charge in [-0.05, 0) is 44.2 Å². The normalized spacial score (nSPS) is 10.6. The molecule has 0 atom stereocenters. The van der Waals surface area contributed by atoms with E-state index in [1.807, 2.05) is 51.1 Å². The van der Waals surface area contributed by atoms with Gasteiger partial charge < -0.3 is 10.1 Å². The van der Waals surface area contributed by atoms with Gasteiger partial charge in [-0.3, -0.25) is 0 Å². The Balaban J connectivity index is 1.73. The summed E-state index contributed by atoms with van der Waals surface area (Å²) < 4.78 is 5.70. The van der Waals surface area contributed by atoms with Crippen LogP contribution in [0.25, 0.3) is 0 Å². The molecule has 0 amide bonds. The van der Waals surface area contributed by atoms with E-state index in [1.54, 1.807) is 6.07 Å². The third-order valence-electron chi connectivity index (χ3n) is 3.36. The molecule has 3 rings (SSSR count). The molecule has 128 valence electrons. The minimum atomic E-state index is 0.341. The molecule has 7 heteroatoms. The second-order valence-corrected chi connectivity index (χ2v) is 5.92. The fourth-order valence-corrected chi connectivity index (χ4v) is 2.49. The molecule has 3 aromatic rings. The quantitative estimate of drug-likeness (QED) is 0.672. The zero-order valence-corrected chi connectivity index (χ0v) is 15.0. The molecule has 0 aliphatic rings. The number of halogens is 1. The first-order valence-corrected chi connectivity index (χ1v) is 8.30. The Kier molecular flexibility index (Phi) is 5.09. The summed E-state index contributed by atoms with van der Waals surface area (Å²) >= 11 is 6.01. The van der Waals surface area contributed by atoms with Gasteiger partial charge >= 0.3 is 6.01 Å². The summed E-state index contributed by atoms with van der Waals surface area (Å²) in [5, 5.41) is 3.62. The minimum absolute atomic E-state index is 0.341. The predicted molar refractivity (Wildman–Crippen MR) is 97.7 cm³/mol. The maximum absolute atomic E-state index is 6.01. The van der Waals surface area contributed by atoms with Crippen LogP contribution in [0.2, 0.25) is 5.15 Å². The highest BCUT2D eigenvalue weighted by Gasteiger charge is 2.05. The Morgan fingerprint density at radius 2 is 1.64 bits per heavy atom. The predicted octanol–water partition coefficient (Wildman–Crippen LogP) is 4.64. The summed E-state index contributed by atoms with van der Waals surface area (Å²) in [5.41, 5.74) is 2.60. The molecular formula is C18H18ClN5O. The van der Waals surface area contributed by atoms with Crippen molar-refractivity contribution >= 4 is 23.1 Å². The van der Waals surface area contributed by atoms with E-state index in [0.717, 1.165) is 23.5 Å². The van der Waals surface area contributed by atoms with Crippen LogP contribution in [0.1, 0.15) is 24.1 Å². The molecule has 6 nitrogen and oxygen atoms in total. The molecule has 0 bridgehead atoms. The molecule has 1 N–H and O–H groups in total. The summed E-state index contributed by atoms with van der Waals surface area (Å²) in [7, 11) is 0. The van der Waals surface area contributed by atoms with Gasteiger partial charge in [0.2, 0.25) is 0 Å². The number of benzene rings is 1. The first-order chi connectivity index (χ1) is 12.0. The van der Waals surface area contributed by atoms with E-state index < -0.39 is 0 Å². The molecule has 0 fully saturated rings. The molecule has 0 unspecified atom stereocenters. The van der Waals surface area contributed by atoms with E-state index in [9.17, 15) is 0 Å². The molecule has 0 radical (unpaired) electrons. The number of aromatic nitrogens is 4. The second-order valence-electron chi connectivity index (χ2n) is 5.53. The standard InChI is InChI=1S/C18H18ClN5O/c1-4-16-23-15(19)10-17(24-16)22-13-5-7-14(8-6-13)25-18-20-11(2)9-12(3)21-18/h5-10H,4H2,1-3H3,(H,22,23,24). The number of nitrogens with zero attached hydrogens (tertiary/aromatic N) is 4. The van der Waals surface area contributed by atoms with Gasteiger partial charge in [0.1, 0.15) is 22.5 Å².